The number of benzene rings is 2. The topological polar surface area (TPSA) is 26.0 Å². The van der Waals surface area contributed by atoms with Crippen LogP contribution >= 0.6 is 0 Å². The summed E-state index contributed by atoms with van der Waals surface area (Å²) in [6, 6.07) is 12.0. The molecule has 0 radical (unpaired) electrons. The minimum absolute atomic E-state index is 0.324. The Kier molecular flexibility index (Phi) is 3.39. The third kappa shape index (κ3) is 2.58. The first-order valence-corrected chi connectivity index (χ1v) is 8.12. The number of hydrogen-bond acceptors (Lipinski definition) is 2. The lowest BCUT2D eigenvalue weighted by Crippen LogP contribution is -2.14. The first-order chi connectivity index (χ1) is 11.8. The van der Waals surface area contributed by atoms with Crippen LogP contribution in [0.15, 0.2) is 53.1 Å². The SMILES string of the molecule is CC(C)(C)c1cc(-c2cccc3c2oc2cc(F)ccc23)ncc1F. The Morgan fingerprint density at radius 1 is 0.960 bits per heavy atom. The average molecular weight is 337 g/mol. The Labute approximate surface area is 144 Å². The van der Waals surface area contributed by atoms with Crippen molar-refractivity contribution >= 4 is 21.9 Å². The number of nitrogens with zero attached hydrogens (tertiary/aromatic N) is 1. The van der Waals surface area contributed by atoms with Gasteiger partial charge in [0.1, 0.15) is 22.8 Å². The van der Waals surface area contributed by atoms with Crippen molar-refractivity contribution in [3.63, 3.8) is 0 Å². The minimum atomic E-state index is -0.344. The molecule has 0 amide bonds. The molecule has 4 heteroatoms. The van der Waals surface area contributed by atoms with E-state index in [1.54, 1.807) is 12.1 Å². The van der Waals surface area contributed by atoms with E-state index >= 15 is 0 Å². The van der Waals surface area contributed by atoms with Gasteiger partial charge in [0.25, 0.3) is 0 Å². The molecule has 0 atom stereocenters. The number of hydrogen-bond donors (Lipinski definition) is 0. The highest BCUT2D eigenvalue weighted by Gasteiger charge is 2.21. The summed E-state index contributed by atoms with van der Waals surface area (Å²) >= 11 is 0. The number of aromatic nitrogens is 1. The van der Waals surface area contributed by atoms with E-state index in [-0.39, 0.29) is 17.0 Å². The molecule has 0 N–H and O–H groups in total. The average Bonchev–Trinajstić information content (AvgIpc) is 2.91. The van der Waals surface area contributed by atoms with Gasteiger partial charge in [-0.1, -0.05) is 32.9 Å². The van der Waals surface area contributed by atoms with E-state index in [2.05, 4.69) is 4.98 Å². The van der Waals surface area contributed by atoms with Gasteiger partial charge < -0.3 is 4.42 Å². The van der Waals surface area contributed by atoms with E-state index in [1.165, 1.54) is 18.3 Å². The Hall–Kier alpha value is -2.75. The molecule has 0 spiro atoms. The van der Waals surface area contributed by atoms with Crippen LogP contribution in [0.1, 0.15) is 26.3 Å². The van der Waals surface area contributed by atoms with Gasteiger partial charge in [-0.05, 0) is 35.2 Å². The van der Waals surface area contributed by atoms with E-state index in [1.807, 2.05) is 39.0 Å². The number of para-hydroxylation sites is 1. The molecule has 2 aromatic carbocycles. The summed E-state index contributed by atoms with van der Waals surface area (Å²) < 4.78 is 33.6. The molecule has 0 unspecified atom stereocenters. The molecular formula is C21H17F2NO. The lowest BCUT2D eigenvalue weighted by Gasteiger charge is -2.20. The molecule has 0 aliphatic rings. The highest BCUT2D eigenvalue weighted by molar-refractivity contribution is 6.09. The van der Waals surface area contributed by atoms with E-state index in [4.69, 9.17) is 4.42 Å². The second-order valence-corrected chi connectivity index (χ2v) is 7.22. The van der Waals surface area contributed by atoms with Crippen LogP contribution in [0.2, 0.25) is 0 Å². The van der Waals surface area contributed by atoms with Crippen molar-refractivity contribution in [2.24, 2.45) is 0 Å². The molecular weight excluding hydrogens is 320 g/mol. The van der Waals surface area contributed by atoms with Gasteiger partial charge in [0.2, 0.25) is 0 Å². The quantitative estimate of drug-likeness (QED) is 0.412. The third-order valence-electron chi connectivity index (χ3n) is 4.40. The molecule has 25 heavy (non-hydrogen) atoms. The fourth-order valence-electron chi connectivity index (χ4n) is 3.13. The van der Waals surface area contributed by atoms with E-state index in [9.17, 15) is 8.78 Å². The molecule has 2 aromatic heterocycles. The summed E-state index contributed by atoms with van der Waals surface area (Å²) in [5.41, 5.74) is 2.77. The summed E-state index contributed by atoms with van der Waals surface area (Å²) in [5, 5.41) is 1.73. The number of pyridine rings is 1. The standard InChI is InChI=1S/C21H17F2NO/c1-21(2,3)16-10-18(24-11-17(16)23)15-6-4-5-14-13-8-7-12(22)9-19(13)25-20(14)15/h4-11H,1-3H3. The van der Waals surface area contributed by atoms with Gasteiger partial charge in [0.15, 0.2) is 0 Å². The van der Waals surface area contributed by atoms with Crippen LogP contribution in [0.4, 0.5) is 8.78 Å². The second kappa shape index (κ2) is 5.38. The maximum absolute atomic E-state index is 14.2. The van der Waals surface area contributed by atoms with E-state index in [0.717, 1.165) is 16.3 Å². The van der Waals surface area contributed by atoms with Gasteiger partial charge in [0, 0.05) is 22.4 Å². The van der Waals surface area contributed by atoms with Crippen LogP contribution in [-0.2, 0) is 5.41 Å². The number of furan rings is 1. The van der Waals surface area contributed by atoms with Crippen molar-refractivity contribution in [2.75, 3.05) is 0 Å². The Bertz CT molecular complexity index is 1110. The van der Waals surface area contributed by atoms with Crippen LogP contribution in [0.5, 0.6) is 0 Å². The molecule has 4 aromatic rings. The molecule has 4 rings (SSSR count). The maximum Gasteiger partial charge on any atom is 0.145 e. The zero-order valence-electron chi connectivity index (χ0n) is 14.2. The molecule has 2 nitrogen and oxygen atoms in total. The Morgan fingerprint density at radius 2 is 1.76 bits per heavy atom. The first-order valence-electron chi connectivity index (χ1n) is 8.12. The number of fused-ring (bicyclic) bond motifs is 3. The van der Waals surface area contributed by atoms with Gasteiger partial charge in [-0.2, -0.15) is 0 Å². The van der Waals surface area contributed by atoms with Gasteiger partial charge in [-0.3, -0.25) is 4.98 Å². The van der Waals surface area contributed by atoms with E-state index in [0.29, 0.717) is 22.4 Å². The van der Waals surface area contributed by atoms with Crippen molar-refractivity contribution in [1.29, 1.82) is 0 Å². The Morgan fingerprint density at radius 3 is 2.52 bits per heavy atom. The van der Waals surface area contributed by atoms with Crippen molar-refractivity contribution in [3.05, 3.63) is 65.9 Å². The second-order valence-electron chi connectivity index (χ2n) is 7.22. The lowest BCUT2D eigenvalue weighted by atomic mass is 9.86. The van der Waals surface area contributed by atoms with Crippen LogP contribution in [0.3, 0.4) is 0 Å². The van der Waals surface area contributed by atoms with Gasteiger partial charge in [-0.15, -0.1) is 0 Å². The zero-order valence-corrected chi connectivity index (χ0v) is 14.2. The van der Waals surface area contributed by atoms with Crippen molar-refractivity contribution in [3.8, 4) is 11.3 Å². The van der Waals surface area contributed by atoms with Crippen molar-refractivity contribution in [2.45, 2.75) is 26.2 Å². The summed E-state index contributed by atoms with van der Waals surface area (Å²) in [6.45, 7) is 5.87. The van der Waals surface area contributed by atoms with Gasteiger partial charge >= 0.3 is 0 Å². The molecule has 0 saturated carbocycles. The molecule has 0 saturated heterocycles. The lowest BCUT2D eigenvalue weighted by molar-refractivity contribution is 0.519. The summed E-state index contributed by atoms with van der Waals surface area (Å²) in [4.78, 5) is 4.25. The van der Waals surface area contributed by atoms with E-state index < -0.39 is 0 Å². The molecule has 2 heterocycles. The monoisotopic (exact) mass is 337 g/mol. The normalized spacial score (nSPS) is 12.2. The molecule has 0 bridgehead atoms. The smallest absolute Gasteiger partial charge is 0.145 e. The number of halogens is 2. The fraction of sp³-hybridized carbons (Fsp3) is 0.190. The molecule has 0 aliphatic heterocycles. The fourth-order valence-corrected chi connectivity index (χ4v) is 3.13. The van der Waals surface area contributed by atoms with Crippen molar-refractivity contribution < 1.29 is 13.2 Å². The Balaban J connectivity index is 2.00. The van der Waals surface area contributed by atoms with Gasteiger partial charge in [0.05, 0.1) is 11.9 Å². The highest BCUT2D eigenvalue weighted by Crippen LogP contribution is 2.36. The van der Waals surface area contributed by atoms with Crippen LogP contribution in [0.25, 0.3) is 33.2 Å². The molecule has 0 fully saturated rings. The zero-order chi connectivity index (χ0) is 17.8. The molecule has 126 valence electrons. The predicted octanol–water partition coefficient (Wildman–Crippen LogP) is 6.22. The minimum Gasteiger partial charge on any atom is -0.455 e. The maximum atomic E-state index is 14.2. The first kappa shape index (κ1) is 15.8. The van der Waals surface area contributed by atoms with Crippen LogP contribution < -0.4 is 0 Å². The largest absolute Gasteiger partial charge is 0.455 e. The van der Waals surface area contributed by atoms with Gasteiger partial charge in [-0.25, -0.2) is 8.78 Å². The predicted molar refractivity (Wildman–Crippen MR) is 95.6 cm³/mol. The highest BCUT2D eigenvalue weighted by atomic mass is 19.1. The van der Waals surface area contributed by atoms with Crippen molar-refractivity contribution in [1.82, 2.24) is 4.98 Å². The molecule has 0 aliphatic carbocycles. The van der Waals surface area contributed by atoms with Crippen LogP contribution in [-0.4, -0.2) is 4.98 Å². The third-order valence-corrected chi connectivity index (χ3v) is 4.40. The summed E-state index contributed by atoms with van der Waals surface area (Å²) in [6.07, 6.45) is 1.25. The van der Waals surface area contributed by atoms with Crippen LogP contribution in [0, 0.1) is 11.6 Å². The summed E-state index contributed by atoms with van der Waals surface area (Å²) in [7, 11) is 0. The summed E-state index contributed by atoms with van der Waals surface area (Å²) in [5.74, 6) is -0.668. The number of rotatable bonds is 1.